The van der Waals surface area contributed by atoms with Gasteiger partial charge in [-0.25, -0.2) is 4.39 Å². The lowest BCUT2D eigenvalue weighted by atomic mass is 9.86. The highest BCUT2D eigenvalue weighted by molar-refractivity contribution is 8.17. The van der Waals surface area contributed by atoms with Gasteiger partial charge in [-0.1, -0.05) is 6.08 Å². The van der Waals surface area contributed by atoms with Gasteiger partial charge < -0.3 is 4.90 Å². The van der Waals surface area contributed by atoms with Crippen LogP contribution < -0.4 is 0 Å². The number of carbonyl (C=O) groups is 1. The van der Waals surface area contributed by atoms with Crippen LogP contribution in [0.4, 0.5) is 9.18 Å². The third-order valence-corrected chi connectivity index (χ3v) is 6.27. The van der Waals surface area contributed by atoms with Gasteiger partial charge in [-0.15, -0.1) is 0 Å². The number of halogens is 1. The molecule has 2 aliphatic carbocycles. The zero-order valence-electron chi connectivity index (χ0n) is 13.4. The monoisotopic (exact) mass is 340 g/mol. The summed E-state index contributed by atoms with van der Waals surface area (Å²) in [7, 11) is 0. The van der Waals surface area contributed by atoms with Gasteiger partial charge in [-0.2, -0.15) is 5.26 Å². The fourth-order valence-corrected chi connectivity index (χ4v) is 4.51. The number of carbonyl (C=O) groups excluding carboxylic acids is 1. The Bertz CT molecular complexity index is 834. The second-order valence-corrected chi connectivity index (χ2v) is 7.87. The first kappa shape index (κ1) is 15.5. The summed E-state index contributed by atoms with van der Waals surface area (Å²) in [5.41, 5.74) is 1.31. The van der Waals surface area contributed by atoms with E-state index >= 15 is 0 Å². The molecular formula is C19H17FN2OS. The van der Waals surface area contributed by atoms with E-state index in [1.165, 1.54) is 36.7 Å². The lowest BCUT2D eigenvalue weighted by Crippen LogP contribution is -2.45. The van der Waals surface area contributed by atoms with Crippen LogP contribution in [0, 0.1) is 23.1 Å². The highest BCUT2D eigenvalue weighted by Crippen LogP contribution is 2.50. The van der Waals surface area contributed by atoms with Crippen LogP contribution in [0.3, 0.4) is 0 Å². The summed E-state index contributed by atoms with van der Waals surface area (Å²) in [6, 6.07) is 6.43. The van der Waals surface area contributed by atoms with E-state index < -0.39 is 0 Å². The third-order valence-electron chi connectivity index (χ3n) is 5.09. The molecule has 1 aromatic carbocycles. The maximum atomic E-state index is 14.2. The van der Waals surface area contributed by atoms with E-state index in [4.69, 9.17) is 5.26 Å². The normalized spacial score (nSPS) is 25.9. The van der Waals surface area contributed by atoms with Gasteiger partial charge in [0.25, 0.3) is 5.24 Å². The Morgan fingerprint density at radius 1 is 1.46 bits per heavy atom. The molecule has 1 aromatic rings. The molecule has 1 heterocycles. The maximum Gasteiger partial charge on any atom is 0.286 e. The van der Waals surface area contributed by atoms with Gasteiger partial charge in [0.05, 0.1) is 17.2 Å². The molecular weight excluding hydrogens is 323 g/mol. The fraction of sp³-hybridized carbons (Fsp3) is 0.368. The first-order valence-electron chi connectivity index (χ1n) is 8.13. The number of amides is 1. The van der Waals surface area contributed by atoms with Crippen LogP contribution in [0.2, 0.25) is 0 Å². The zero-order valence-corrected chi connectivity index (χ0v) is 14.2. The Morgan fingerprint density at radius 2 is 2.25 bits per heavy atom. The van der Waals surface area contributed by atoms with Crippen LogP contribution >= 0.6 is 11.8 Å². The number of allylic oxidation sites excluding steroid dienone is 2. The van der Waals surface area contributed by atoms with Gasteiger partial charge in [0.2, 0.25) is 0 Å². The van der Waals surface area contributed by atoms with E-state index in [2.05, 4.69) is 6.92 Å². The topological polar surface area (TPSA) is 44.1 Å². The van der Waals surface area contributed by atoms with Gasteiger partial charge in [0, 0.05) is 17.0 Å². The Kier molecular flexibility index (Phi) is 3.54. The van der Waals surface area contributed by atoms with Crippen molar-refractivity contribution >= 4 is 22.6 Å². The minimum atomic E-state index is -0.343. The first-order chi connectivity index (χ1) is 11.5. The predicted octanol–water partition coefficient (Wildman–Crippen LogP) is 4.71. The molecule has 3 aliphatic rings. The van der Waals surface area contributed by atoms with Crippen molar-refractivity contribution in [3.8, 4) is 6.07 Å². The van der Waals surface area contributed by atoms with Crippen molar-refractivity contribution in [2.24, 2.45) is 5.92 Å². The number of rotatable bonds is 3. The standard InChI is InChI=1S/C19H17FN2OS/c1-19-7-6-14(15-8-13(10-21)4-5-16(15)20)9-17(19)24-18(23)22(19)11-12-2-3-12/h4-6,8-9,12H,2-3,7,11H2,1H3. The van der Waals surface area contributed by atoms with Crippen molar-refractivity contribution in [3.63, 3.8) is 0 Å². The number of benzene rings is 1. The smallest absolute Gasteiger partial charge is 0.286 e. The van der Waals surface area contributed by atoms with Gasteiger partial charge >= 0.3 is 0 Å². The summed E-state index contributed by atoms with van der Waals surface area (Å²) in [6.07, 6.45) is 6.99. The molecule has 1 saturated heterocycles. The molecule has 0 bridgehead atoms. The summed E-state index contributed by atoms with van der Waals surface area (Å²) < 4.78 is 14.2. The van der Waals surface area contributed by atoms with Crippen molar-refractivity contribution in [2.75, 3.05) is 6.54 Å². The molecule has 0 radical (unpaired) electrons. The molecule has 4 rings (SSSR count). The second-order valence-electron chi connectivity index (χ2n) is 6.87. The molecule has 1 aliphatic heterocycles. The van der Waals surface area contributed by atoms with Gasteiger partial charge in [-0.05, 0) is 73.7 Å². The lowest BCUT2D eigenvalue weighted by Gasteiger charge is -2.36. The van der Waals surface area contributed by atoms with Gasteiger partial charge in [-0.3, -0.25) is 4.79 Å². The molecule has 122 valence electrons. The van der Waals surface area contributed by atoms with Crippen molar-refractivity contribution < 1.29 is 9.18 Å². The van der Waals surface area contributed by atoms with Crippen LogP contribution in [0.5, 0.6) is 0 Å². The molecule has 1 amide bonds. The SMILES string of the molecule is CC12CC=C(c3cc(C#N)ccc3F)C=C1SC(=O)N2CC1CC1. The summed E-state index contributed by atoms with van der Waals surface area (Å²) in [6.45, 7) is 2.91. The number of hydrogen-bond donors (Lipinski definition) is 0. The maximum absolute atomic E-state index is 14.2. The summed E-state index contributed by atoms with van der Waals surface area (Å²) >= 11 is 1.26. The van der Waals surface area contributed by atoms with Crippen LogP contribution in [0.25, 0.3) is 5.57 Å². The van der Waals surface area contributed by atoms with Crippen molar-refractivity contribution in [1.29, 1.82) is 5.26 Å². The minimum Gasteiger partial charge on any atom is -0.323 e. The number of nitrogens with zero attached hydrogens (tertiary/aromatic N) is 2. The number of fused-ring (bicyclic) bond motifs is 1. The third kappa shape index (κ3) is 2.46. The zero-order chi connectivity index (χ0) is 16.9. The van der Waals surface area contributed by atoms with Crippen LogP contribution in [0.15, 0.2) is 35.3 Å². The highest BCUT2D eigenvalue weighted by atomic mass is 32.2. The van der Waals surface area contributed by atoms with Crippen molar-refractivity contribution in [1.82, 2.24) is 4.90 Å². The Balaban J connectivity index is 1.68. The van der Waals surface area contributed by atoms with Crippen LogP contribution in [-0.4, -0.2) is 22.2 Å². The molecule has 1 saturated carbocycles. The van der Waals surface area contributed by atoms with Crippen molar-refractivity contribution in [3.05, 3.63) is 52.2 Å². The summed E-state index contributed by atoms with van der Waals surface area (Å²) in [5.74, 6) is 0.297. The quantitative estimate of drug-likeness (QED) is 0.801. The molecule has 3 nitrogen and oxygen atoms in total. The second kappa shape index (κ2) is 5.49. The molecule has 24 heavy (non-hydrogen) atoms. The summed E-state index contributed by atoms with van der Waals surface area (Å²) in [4.78, 5) is 15.4. The molecule has 1 unspecified atom stereocenters. The first-order valence-corrected chi connectivity index (χ1v) is 8.95. The largest absolute Gasteiger partial charge is 0.323 e. The van der Waals surface area contributed by atoms with Crippen LogP contribution in [-0.2, 0) is 0 Å². The van der Waals surface area contributed by atoms with E-state index in [0.717, 1.165) is 17.0 Å². The predicted molar refractivity (Wildman–Crippen MR) is 92.6 cm³/mol. The Labute approximate surface area is 144 Å². The Hall–Kier alpha value is -2.06. The van der Waals surface area contributed by atoms with E-state index in [9.17, 15) is 9.18 Å². The average Bonchev–Trinajstić information content (AvgIpc) is 3.35. The van der Waals surface area contributed by atoms with Gasteiger partial charge in [0.1, 0.15) is 5.82 Å². The molecule has 1 atom stereocenters. The Morgan fingerprint density at radius 3 is 2.96 bits per heavy atom. The summed E-state index contributed by atoms with van der Waals surface area (Å²) in [5, 5.41) is 9.13. The average molecular weight is 340 g/mol. The number of thioether (sulfide) groups is 1. The molecule has 0 N–H and O–H groups in total. The highest BCUT2D eigenvalue weighted by Gasteiger charge is 2.48. The van der Waals surface area contributed by atoms with Crippen LogP contribution in [0.1, 0.15) is 37.3 Å². The van der Waals surface area contributed by atoms with Crippen molar-refractivity contribution in [2.45, 2.75) is 31.7 Å². The lowest BCUT2D eigenvalue weighted by molar-refractivity contribution is 0.174. The number of hydrogen-bond acceptors (Lipinski definition) is 3. The van der Waals surface area contributed by atoms with E-state index in [1.54, 1.807) is 6.07 Å². The van der Waals surface area contributed by atoms with E-state index in [0.29, 0.717) is 23.5 Å². The fourth-order valence-electron chi connectivity index (χ4n) is 3.34. The van der Waals surface area contributed by atoms with E-state index in [1.807, 2.05) is 23.1 Å². The molecule has 5 heteroatoms. The molecule has 0 spiro atoms. The van der Waals surface area contributed by atoms with E-state index in [-0.39, 0.29) is 16.6 Å². The molecule has 2 fully saturated rings. The molecule has 0 aromatic heterocycles. The minimum absolute atomic E-state index is 0.0940. The van der Waals surface area contributed by atoms with Gasteiger partial charge in [0.15, 0.2) is 0 Å². The number of nitriles is 1.